The fraction of sp³-hybridized carbons (Fsp3) is 0.667. The maximum atomic E-state index is 13.6. The smallest absolute Gasteiger partial charge is 0.309 e. The molecule has 1 spiro atoms. The van der Waals surface area contributed by atoms with E-state index in [1.165, 1.54) is 10.5 Å². The summed E-state index contributed by atoms with van der Waals surface area (Å²) in [6.07, 6.45) is 4.17. The second-order valence-corrected chi connectivity index (χ2v) is 9.11. The van der Waals surface area contributed by atoms with Gasteiger partial charge in [-0.05, 0) is 65.2 Å². The Bertz CT molecular complexity index is 713. The maximum Gasteiger partial charge on any atom is 0.327 e. The van der Waals surface area contributed by atoms with Crippen molar-refractivity contribution in [1.82, 2.24) is 19.6 Å². The van der Waals surface area contributed by atoms with E-state index >= 15 is 0 Å². The summed E-state index contributed by atoms with van der Waals surface area (Å²) in [7, 11) is 4.04. The molecular weight excluding hydrogens is 376 g/mol. The molecule has 2 aliphatic rings. The van der Waals surface area contributed by atoms with Gasteiger partial charge in [0.25, 0.3) is 5.91 Å². The number of piperidine rings is 1. The Balaban J connectivity index is 1.77. The van der Waals surface area contributed by atoms with Gasteiger partial charge in [0.15, 0.2) is 0 Å². The lowest BCUT2D eigenvalue weighted by Gasteiger charge is -2.44. The van der Waals surface area contributed by atoms with E-state index in [1.807, 2.05) is 37.2 Å². The summed E-state index contributed by atoms with van der Waals surface area (Å²) in [4.78, 5) is 34.9. The third-order valence-corrected chi connectivity index (χ3v) is 6.92. The monoisotopic (exact) mass is 414 g/mol. The van der Waals surface area contributed by atoms with E-state index in [2.05, 4.69) is 35.8 Å². The molecule has 1 atom stereocenters. The summed E-state index contributed by atoms with van der Waals surface area (Å²) < 4.78 is 0. The molecule has 1 aromatic rings. The van der Waals surface area contributed by atoms with Crippen LogP contribution in [0.4, 0.5) is 4.79 Å². The maximum absolute atomic E-state index is 13.6. The fourth-order valence-corrected chi connectivity index (χ4v) is 4.80. The van der Waals surface area contributed by atoms with Crippen LogP contribution in [0.3, 0.4) is 0 Å². The Kier molecular flexibility index (Phi) is 7.53. The summed E-state index contributed by atoms with van der Waals surface area (Å²) in [5.74, 6) is 0.0307. The Labute approximate surface area is 181 Å². The number of benzene rings is 1. The molecule has 166 valence electrons. The van der Waals surface area contributed by atoms with Crippen LogP contribution in [0.25, 0.3) is 0 Å². The Hall–Kier alpha value is -1.92. The van der Waals surface area contributed by atoms with Crippen molar-refractivity contribution in [2.45, 2.75) is 57.5 Å². The Morgan fingerprint density at radius 1 is 1.07 bits per heavy atom. The Morgan fingerprint density at radius 3 is 2.33 bits per heavy atom. The third-order valence-electron chi connectivity index (χ3n) is 6.92. The summed E-state index contributed by atoms with van der Waals surface area (Å²) in [6.45, 7) is 8.19. The molecule has 0 N–H and O–H groups in total. The molecule has 3 rings (SSSR count). The minimum absolute atomic E-state index is 0.0307. The SMILES string of the molecule is CCC(C)N1CCC2(CC1)C(=O)N(CCCN(C)C)C(=O)N2CCc1ccccc1. The summed E-state index contributed by atoms with van der Waals surface area (Å²) in [6, 6.07) is 10.7. The van der Waals surface area contributed by atoms with E-state index in [9.17, 15) is 9.59 Å². The van der Waals surface area contributed by atoms with Crippen LogP contribution in [0.1, 0.15) is 45.1 Å². The molecule has 2 heterocycles. The second kappa shape index (κ2) is 9.92. The van der Waals surface area contributed by atoms with Crippen LogP contribution in [0.5, 0.6) is 0 Å². The zero-order valence-corrected chi connectivity index (χ0v) is 19.1. The van der Waals surface area contributed by atoms with Gasteiger partial charge >= 0.3 is 6.03 Å². The first-order chi connectivity index (χ1) is 14.4. The zero-order valence-electron chi connectivity index (χ0n) is 19.1. The van der Waals surface area contributed by atoms with Crippen molar-refractivity contribution in [3.05, 3.63) is 35.9 Å². The molecule has 2 aliphatic heterocycles. The number of urea groups is 1. The third kappa shape index (κ3) is 4.70. The lowest BCUT2D eigenvalue weighted by Crippen LogP contribution is -2.58. The highest BCUT2D eigenvalue weighted by molar-refractivity contribution is 6.07. The van der Waals surface area contributed by atoms with Gasteiger partial charge < -0.3 is 14.7 Å². The van der Waals surface area contributed by atoms with Crippen LogP contribution in [0.2, 0.25) is 0 Å². The predicted molar refractivity (Wildman–Crippen MR) is 120 cm³/mol. The summed E-state index contributed by atoms with van der Waals surface area (Å²) in [5.41, 5.74) is 0.546. The summed E-state index contributed by atoms with van der Waals surface area (Å²) >= 11 is 0. The highest BCUT2D eigenvalue weighted by Gasteiger charge is 2.57. The number of imide groups is 1. The lowest BCUT2D eigenvalue weighted by molar-refractivity contribution is -0.136. The minimum Gasteiger partial charge on any atom is -0.309 e. The van der Waals surface area contributed by atoms with Gasteiger partial charge in [-0.1, -0.05) is 37.3 Å². The molecule has 0 aromatic heterocycles. The van der Waals surface area contributed by atoms with Gasteiger partial charge in [-0.25, -0.2) is 4.79 Å². The molecule has 0 aliphatic carbocycles. The Morgan fingerprint density at radius 2 is 1.73 bits per heavy atom. The van der Waals surface area contributed by atoms with Gasteiger partial charge in [0, 0.05) is 32.2 Å². The second-order valence-electron chi connectivity index (χ2n) is 9.11. The van der Waals surface area contributed by atoms with Gasteiger partial charge in [-0.15, -0.1) is 0 Å². The summed E-state index contributed by atoms with van der Waals surface area (Å²) in [5, 5.41) is 0. The van der Waals surface area contributed by atoms with E-state index in [0.717, 1.165) is 51.7 Å². The minimum atomic E-state index is -0.659. The number of rotatable bonds is 9. The van der Waals surface area contributed by atoms with Crippen LogP contribution in [0.15, 0.2) is 30.3 Å². The highest BCUT2D eigenvalue weighted by atomic mass is 16.2. The van der Waals surface area contributed by atoms with E-state index in [1.54, 1.807) is 0 Å². The standard InChI is InChI=1S/C24H38N4O2/c1-5-20(2)26-18-13-24(14-19-26)22(29)27(16-9-15-25(3)4)23(30)28(24)17-12-21-10-7-6-8-11-21/h6-8,10-11,20H,5,9,12-19H2,1-4H3. The molecule has 0 saturated carbocycles. The first-order valence-electron chi connectivity index (χ1n) is 11.5. The molecule has 6 heteroatoms. The topological polar surface area (TPSA) is 47.1 Å². The zero-order chi connectivity index (χ0) is 21.7. The van der Waals surface area contributed by atoms with Crippen molar-refractivity contribution in [3.63, 3.8) is 0 Å². The number of nitrogens with zero attached hydrogens (tertiary/aromatic N) is 4. The number of carbonyl (C=O) groups is 2. The molecule has 2 saturated heterocycles. The van der Waals surface area contributed by atoms with Gasteiger partial charge in [-0.3, -0.25) is 9.69 Å². The van der Waals surface area contributed by atoms with Gasteiger partial charge in [0.05, 0.1) is 0 Å². The van der Waals surface area contributed by atoms with Crippen molar-refractivity contribution in [2.75, 3.05) is 46.8 Å². The van der Waals surface area contributed by atoms with Crippen molar-refractivity contribution in [1.29, 1.82) is 0 Å². The normalized spacial score (nSPS) is 20.6. The van der Waals surface area contributed by atoms with Crippen LogP contribution in [0, 0.1) is 0 Å². The lowest BCUT2D eigenvalue weighted by atomic mass is 9.85. The molecule has 3 amide bonds. The van der Waals surface area contributed by atoms with E-state index in [0.29, 0.717) is 19.1 Å². The van der Waals surface area contributed by atoms with Crippen LogP contribution < -0.4 is 0 Å². The molecule has 1 aromatic carbocycles. The van der Waals surface area contributed by atoms with Crippen molar-refractivity contribution in [3.8, 4) is 0 Å². The molecule has 0 bridgehead atoms. The van der Waals surface area contributed by atoms with Gasteiger partial charge in [0.2, 0.25) is 0 Å². The largest absolute Gasteiger partial charge is 0.327 e. The van der Waals surface area contributed by atoms with Crippen molar-refractivity contribution < 1.29 is 9.59 Å². The number of likely N-dealkylation sites (tertiary alicyclic amines) is 1. The number of amides is 3. The quantitative estimate of drug-likeness (QED) is 0.583. The van der Waals surface area contributed by atoms with Crippen LogP contribution in [-0.2, 0) is 11.2 Å². The van der Waals surface area contributed by atoms with Crippen LogP contribution >= 0.6 is 0 Å². The first kappa shape index (κ1) is 22.8. The average molecular weight is 415 g/mol. The van der Waals surface area contributed by atoms with Gasteiger partial charge in [-0.2, -0.15) is 0 Å². The first-order valence-corrected chi connectivity index (χ1v) is 11.5. The molecule has 6 nitrogen and oxygen atoms in total. The number of hydrogen-bond donors (Lipinski definition) is 0. The fourth-order valence-electron chi connectivity index (χ4n) is 4.80. The van der Waals surface area contributed by atoms with E-state index < -0.39 is 5.54 Å². The van der Waals surface area contributed by atoms with E-state index in [4.69, 9.17) is 0 Å². The number of hydrogen-bond acceptors (Lipinski definition) is 4. The van der Waals surface area contributed by atoms with E-state index in [-0.39, 0.29) is 11.9 Å². The van der Waals surface area contributed by atoms with Crippen molar-refractivity contribution >= 4 is 11.9 Å². The molecular formula is C24H38N4O2. The predicted octanol–water partition coefficient (Wildman–Crippen LogP) is 3.08. The average Bonchev–Trinajstić information content (AvgIpc) is 2.94. The molecule has 1 unspecified atom stereocenters. The molecule has 0 radical (unpaired) electrons. The number of carbonyl (C=O) groups excluding carboxylic acids is 2. The van der Waals surface area contributed by atoms with Crippen molar-refractivity contribution in [2.24, 2.45) is 0 Å². The van der Waals surface area contributed by atoms with Gasteiger partial charge in [0.1, 0.15) is 5.54 Å². The van der Waals surface area contributed by atoms with Crippen LogP contribution in [-0.4, -0.2) is 89.9 Å². The highest BCUT2D eigenvalue weighted by Crippen LogP contribution is 2.38. The molecule has 30 heavy (non-hydrogen) atoms. The molecule has 2 fully saturated rings.